The fourth-order valence-corrected chi connectivity index (χ4v) is 3.30. The third-order valence-corrected chi connectivity index (χ3v) is 4.71. The third-order valence-electron chi connectivity index (χ3n) is 4.71. The van der Waals surface area contributed by atoms with Gasteiger partial charge in [-0.1, -0.05) is 6.07 Å². The third kappa shape index (κ3) is 4.96. The lowest BCUT2D eigenvalue weighted by Gasteiger charge is -2.21. The summed E-state index contributed by atoms with van der Waals surface area (Å²) in [4.78, 5) is 6.47. The first-order valence-electron chi connectivity index (χ1n) is 9.11. The van der Waals surface area contributed by atoms with E-state index in [1.165, 1.54) is 17.7 Å². The van der Waals surface area contributed by atoms with E-state index in [4.69, 9.17) is 4.74 Å². The summed E-state index contributed by atoms with van der Waals surface area (Å²) in [6, 6.07) is 4.89. The fourth-order valence-electron chi connectivity index (χ4n) is 3.30. The van der Waals surface area contributed by atoms with E-state index in [-0.39, 0.29) is 12.4 Å². The van der Waals surface area contributed by atoms with Gasteiger partial charge >= 0.3 is 6.18 Å². The van der Waals surface area contributed by atoms with E-state index in [0.717, 1.165) is 37.6 Å². The molecule has 152 valence electrons. The van der Waals surface area contributed by atoms with E-state index in [1.54, 1.807) is 11.7 Å². The Labute approximate surface area is 162 Å². The number of rotatable bonds is 5. The van der Waals surface area contributed by atoms with Crippen LogP contribution >= 0.6 is 0 Å². The summed E-state index contributed by atoms with van der Waals surface area (Å²) in [6.45, 7) is 2.41. The second-order valence-corrected chi connectivity index (χ2v) is 6.73. The summed E-state index contributed by atoms with van der Waals surface area (Å²) in [5.74, 6) is 1.37. The van der Waals surface area contributed by atoms with Gasteiger partial charge in [-0.25, -0.2) is 0 Å². The summed E-state index contributed by atoms with van der Waals surface area (Å²) >= 11 is 0. The van der Waals surface area contributed by atoms with Gasteiger partial charge in [-0.3, -0.25) is 9.67 Å². The van der Waals surface area contributed by atoms with Gasteiger partial charge in [-0.2, -0.15) is 18.3 Å². The molecule has 2 heterocycles. The number of nitrogens with one attached hydrogen (secondary N) is 1. The lowest BCUT2D eigenvalue weighted by atomic mass is 10.0. The summed E-state index contributed by atoms with van der Waals surface area (Å²) in [5, 5.41) is 7.44. The van der Waals surface area contributed by atoms with Gasteiger partial charge < -0.3 is 15.0 Å². The Morgan fingerprint density at radius 1 is 1.39 bits per heavy atom. The van der Waals surface area contributed by atoms with Gasteiger partial charge in [0.1, 0.15) is 12.4 Å². The first-order chi connectivity index (χ1) is 13.4. The molecule has 1 saturated heterocycles. The van der Waals surface area contributed by atoms with E-state index < -0.39 is 11.7 Å². The molecule has 3 rings (SSSR count). The first kappa shape index (κ1) is 20.0. The number of aryl methyl sites for hydroxylation is 1. The number of guanidine groups is 1. The zero-order valence-corrected chi connectivity index (χ0v) is 15.9. The van der Waals surface area contributed by atoms with Crippen LogP contribution in [0.5, 0.6) is 5.75 Å². The van der Waals surface area contributed by atoms with Crippen molar-refractivity contribution < 1.29 is 17.9 Å². The highest BCUT2D eigenvalue weighted by Gasteiger charge is 2.30. The zero-order valence-electron chi connectivity index (χ0n) is 15.9. The molecule has 1 aliphatic rings. The van der Waals surface area contributed by atoms with Crippen LogP contribution in [0.1, 0.15) is 23.5 Å². The van der Waals surface area contributed by atoms with Crippen molar-refractivity contribution in [3.63, 3.8) is 0 Å². The van der Waals surface area contributed by atoms with Crippen molar-refractivity contribution in [2.24, 2.45) is 12.0 Å². The van der Waals surface area contributed by atoms with Crippen LogP contribution < -0.4 is 10.1 Å². The number of ether oxygens (including phenoxy) is 1. The number of hydrogen-bond donors (Lipinski definition) is 1. The van der Waals surface area contributed by atoms with Crippen LogP contribution in [0.15, 0.2) is 41.7 Å². The number of aliphatic imine (C=N–C) groups is 1. The van der Waals surface area contributed by atoms with Crippen molar-refractivity contribution in [2.75, 3.05) is 33.3 Å². The zero-order chi connectivity index (χ0) is 20.1. The van der Waals surface area contributed by atoms with Gasteiger partial charge in [0, 0.05) is 39.3 Å². The van der Waals surface area contributed by atoms with Crippen LogP contribution in [0.3, 0.4) is 0 Å². The van der Waals surface area contributed by atoms with Gasteiger partial charge in [-0.15, -0.1) is 0 Å². The predicted molar refractivity (Wildman–Crippen MR) is 100 cm³/mol. The summed E-state index contributed by atoms with van der Waals surface area (Å²) in [7, 11) is 3.62. The minimum atomic E-state index is -4.37. The highest BCUT2D eigenvalue weighted by atomic mass is 19.4. The molecule has 1 aromatic heterocycles. The molecule has 1 aliphatic heterocycles. The molecule has 0 saturated carbocycles. The Morgan fingerprint density at radius 3 is 2.89 bits per heavy atom. The molecule has 0 radical (unpaired) electrons. The lowest BCUT2D eigenvalue weighted by Crippen LogP contribution is -2.41. The molecule has 0 bridgehead atoms. The van der Waals surface area contributed by atoms with Crippen LogP contribution in [0.4, 0.5) is 13.2 Å². The minimum Gasteiger partial charge on any atom is -0.492 e. The van der Waals surface area contributed by atoms with E-state index in [0.29, 0.717) is 12.5 Å². The van der Waals surface area contributed by atoms with Crippen LogP contribution in [0.25, 0.3) is 0 Å². The Kier molecular flexibility index (Phi) is 6.11. The van der Waals surface area contributed by atoms with Crippen molar-refractivity contribution in [3.8, 4) is 5.75 Å². The predicted octanol–water partition coefficient (Wildman–Crippen LogP) is 2.88. The SMILES string of the molecule is CN=C(NCCOc1cccc(C(F)(F)F)c1)N1CCC(c2cnn(C)c2)C1. The number of likely N-dealkylation sites (tertiary alicyclic amines) is 1. The summed E-state index contributed by atoms with van der Waals surface area (Å²) in [5.41, 5.74) is 0.501. The van der Waals surface area contributed by atoms with Crippen molar-refractivity contribution in [2.45, 2.75) is 18.5 Å². The minimum absolute atomic E-state index is 0.199. The molecule has 1 atom stereocenters. The maximum atomic E-state index is 12.7. The van der Waals surface area contributed by atoms with Gasteiger partial charge in [0.15, 0.2) is 5.96 Å². The van der Waals surface area contributed by atoms with E-state index in [1.807, 2.05) is 19.4 Å². The maximum absolute atomic E-state index is 12.7. The number of aromatic nitrogens is 2. The summed E-state index contributed by atoms with van der Waals surface area (Å²) < 4.78 is 45.5. The van der Waals surface area contributed by atoms with Crippen LogP contribution in [-0.4, -0.2) is 53.9 Å². The van der Waals surface area contributed by atoms with Crippen molar-refractivity contribution >= 4 is 5.96 Å². The van der Waals surface area contributed by atoms with Gasteiger partial charge in [0.25, 0.3) is 0 Å². The number of benzene rings is 1. The molecular weight excluding hydrogens is 371 g/mol. The van der Waals surface area contributed by atoms with Crippen molar-refractivity contribution in [1.29, 1.82) is 0 Å². The van der Waals surface area contributed by atoms with E-state index >= 15 is 0 Å². The maximum Gasteiger partial charge on any atom is 0.416 e. The molecule has 2 aromatic rings. The molecule has 28 heavy (non-hydrogen) atoms. The Bertz CT molecular complexity index is 818. The molecule has 0 aliphatic carbocycles. The number of hydrogen-bond acceptors (Lipinski definition) is 3. The quantitative estimate of drug-likeness (QED) is 0.481. The number of halogens is 3. The molecule has 1 unspecified atom stereocenters. The van der Waals surface area contributed by atoms with Crippen molar-refractivity contribution in [3.05, 3.63) is 47.8 Å². The fraction of sp³-hybridized carbons (Fsp3) is 0.474. The molecule has 1 fully saturated rings. The smallest absolute Gasteiger partial charge is 0.416 e. The Balaban J connectivity index is 1.46. The molecule has 9 heteroatoms. The second kappa shape index (κ2) is 8.53. The topological polar surface area (TPSA) is 54.7 Å². The molecule has 1 aromatic carbocycles. The normalized spacial score (nSPS) is 17.8. The Morgan fingerprint density at radius 2 is 2.21 bits per heavy atom. The first-order valence-corrected chi connectivity index (χ1v) is 9.11. The number of alkyl halides is 3. The molecule has 0 spiro atoms. The average molecular weight is 395 g/mol. The van der Waals surface area contributed by atoms with Gasteiger partial charge in [-0.05, 0) is 30.2 Å². The number of nitrogens with zero attached hydrogens (tertiary/aromatic N) is 4. The van der Waals surface area contributed by atoms with Crippen LogP contribution in [-0.2, 0) is 13.2 Å². The average Bonchev–Trinajstić information content (AvgIpc) is 3.30. The monoisotopic (exact) mass is 395 g/mol. The Hall–Kier alpha value is -2.71. The molecule has 0 amide bonds. The van der Waals surface area contributed by atoms with Crippen LogP contribution in [0.2, 0.25) is 0 Å². The van der Waals surface area contributed by atoms with E-state index in [2.05, 4.69) is 20.3 Å². The van der Waals surface area contributed by atoms with Gasteiger partial charge in [0.05, 0.1) is 18.3 Å². The molecular formula is C19H24F3N5O. The van der Waals surface area contributed by atoms with E-state index in [9.17, 15) is 13.2 Å². The molecule has 6 nitrogen and oxygen atoms in total. The standard InChI is InChI=1S/C19H24F3N5O/c1-23-18(27-8-6-14(13-27)15-11-25-26(2)12-15)24-7-9-28-17-5-3-4-16(10-17)19(20,21)22/h3-5,10-12,14H,6-9,13H2,1-2H3,(H,23,24). The highest BCUT2D eigenvalue weighted by molar-refractivity contribution is 5.80. The van der Waals surface area contributed by atoms with Gasteiger partial charge in [0.2, 0.25) is 0 Å². The lowest BCUT2D eigenvalue weighted by molar-refractivity contribution is -0.137. The largest absolute Gasteiger partial charge is 0.492 e. The van der Waals surface area contributed by atoms with Crippen LogP contribution in [0, 0.1) is 0 Å². The molecule has 1 N–H and O–H groups in total. The van der Waals surface area contributed by atoms with Crippen molar-refractivity contribution in [1.82, 2.24) is 20.0 Å². The summed E-state index contributed by atoms with van der Waals surface area (Å²) in [6.07, 6.45) is 0.577. The second-order valence-electron chi connectivity index (χ2n) is 6.73. The highest BCUT2D eigenvalue weighted by Crippen LogP contribution is 2.31.